The molecule has 0 saturated carbocycles. The maximum Gasteiger partial charge on any atom is 0.257 e. The Kier molecular flexibility index (Phi) is 6.07. The number of hydrogen-bond donors (Lipinski definition) is 2. The van der Waals surface area contributed by atoms with Gasteiger partial charge in [0.25, 0.3) is 5.91 Å². The highest BCUT2D eigenvalue weighted by molar-refractivity contribution is 6.01. The minimum Gasteiger partial charge on any atom is -0.366 e. The number of pyridine rings is 1. The average Bonchev–Trinajstić information content (AvgIpc) is 3.35. The van der Waals surface area contributed by atoms with E-state index in [0.29, 0.717) is 42.1 Å². The van der Waals surface area contributed by atoms with E-state index in [1.807, 2.05) is 49.5 Å². The SMILES string of the molecule is Cc1onc(-c2cnn(C)c2NCc2ccccc2)c1C(=O)NCCc1cccnc1. The summed E-state index contributed by atoms with van der Waals surface area (Å²) in [5.74, 6) is 1.00. The molecule has 31 heavy (non-hydrogen) atoms. The second-order valence-corrected chi connectivity index (χ2v) is 7.20. The number of amides is 1. The van der Waals surface area contributed by atoms with E-state index in [-0.39, 0.29) is 5.91 Å². The highest BCUT2D eigenvalue weighted by Gasteiger charge is 2.25. The normalized spacial score (nSPS) is 10.8. The number of aryl methyl sites for hydroxylation is 2. The first-order valence-corrected chi connectivity index (χ1v) is 10.1. The number of carbonyl (C=O) groups is 1. The molecule has 0 radical (unpaired) electrons. The molecular weight excluding hydrogens is 392 g/mol. The van der Waals surface area contributed by atoms with Gasteiger partial charge < -0.3 is 15.2 Å². The molecule has 0 bridgehead atoms. The molecule has 0 spiro atoms. The molecule has 0 aliphatic rings. The Hall–Kier alpha value is -3.94. The Balaban J connectivity index is 1.51. The number of hydrogen-bond acceptors (Lipinski definition) is 6. The molecule has 0 unspecified atom stereocenters. The fourth-order valence-corrected chi connectivity index (χ4v) is 3.38. The monoisotopic (exact) mass is 416 g/mol. The van der Waals surface area contributed by atoms with Crippen LogP contribution in [0.1, 0.15) is 27.2 Å². The van der Waals surface area contributed by atoms with Crippen molar-refractivity contribution < 1.29 is 9.32 Å². The third-order valence-electron chi connectivity index (χ3n) is 5.01. The molecule has 8 nitrogen and oxygen atoms in total. The van der Waals surface area contributed by atoms with Gasteiger partial charge in [0, 0.05) is 32.5 Å². The van der Waals surface area contributed by atoms with Crippen LogP contribution in [0.3, 0.4) is 0 Å². The van der Waals surface area contributed by atoms with Crippen molar-refractivity contribution in [3.63, 3.8) is 0 Å². The van der Waals surface area contributed by atoms with Crippen molar-refractivity contribution in [1.82, 2.24) is 25.2 Å². The van der Waals surface area contributed by atoms with Crippen LogP contribution in [-0.4, -0.2) is 32.4 Å². The maximum absolute atomic E-state index is 12.9. The topological polar surface area (TPSA) is 97.9 Å². The Labute approximate surface area is 180 Å². The summed E-state index contributed by atoms with van der Waals surface area (Å²) in [6.45, 7) is 2.84. The lowest BCUT2D eigenvalue weighted by atomic mass is 10.1. The van der Waals surface area contributed by atoms with Crippen LogP contribution in [0.5, 0.6) is 0 Å². The van der Waals surface area contributed by atoms with Crippen molar-refractivity contribution in [1.29, 1.82) is 0 Å². The van der Waals surface area contributed by atoms with Crippen LogP contribution in [0.4, 0.5) is 5.82 Å². The van der Waals surface area contributed by atoms with E-state index in [9.17, 15) is 4.79 Å². The van der Waals surface area contributed by atoms with Crippen LogP contribution in [0, 0.1) is 6.92 Å². The standard InChI is InChI=1S/C23H24N6O2/c1-16-20(23(30)25-12-10-18-9-6-11-24-13-18)21(28-31-16)19-15-27-29(2)22(19)26-14-17-7-4-3-5-8-17/h3-9,11,13,15,26H,10,12,14H2,1-2H3,(H,25,30). The Morgan fingerprint density at radius 2 is 1.90 bits per heavy atom. The predicted molar refractivity (Wildman–Crippen MR) is 117 cm³/mol. The summed E-state index contributed by atoms with van der Waals surface area (Å²) in [7, 11) is 1.84. The molecule has 0 saturated heterocycles. The van der Waals surface area contributed by atoms with Gasteiger partial charge in [0.05, 0.1) is 11.8 Å². The maximum atomic E-state index is 12.9. The van der Waals surface area contributed by atoms with Gasteiger partial charge in [0.1, 0.15) is 22.8 Å². The van der Waals surface area contributed by atoms with E-state index in [1.165, 1.54) is 0 Å². The van der Waals surface area contributed by atoms with Gasteiger partial charge in [-0.2, -0.15) is 5.10 Å². The van der Waals surface area contributed by atoms with Gasteiger partial charge in [0.2, 0.25) is 0 Å². The first-order valence-electron chi connectivity index (χ1n) is 10.1. The fraction of sp³-hybridized carbons (Fsp3) is 0.217. The van der Waals surface area contributed by atoms with E-state index in [4.69, 9.17) is 4.52 Å². The third-order valence-corrected chi connectivity index (χ3v) is 5.01. The van der Waals surface area contributed by atoms with Crippen molar-refractivity contribution >= 4 is 11.7 Å². The van der Waals surface area contributed by atoms with E-state index in [0.717, 1.165) is 16.9 Å². The van der Waals surface area contributed by atoms with Crippen LogP contribution >= 0.6 is 0 Å². The highest BCUT2D eigenvalue weighted by Crippen LogP contribution is 2.31. The molecular formula is C23H24N6O2. The molecule has 3 aromatic heterocycles. The number of benzene rings is 1. The lowest BCUT2D eigenvalue weighted by Crippen LogP contribution is -2.26. The van der Waals surface area contributed by atoms with Crippen molar-refractivity contribution in [3.8, 4) is 11.3 Å². The molecule has 0 atom stereocenters. The number of nitrogens with zero attached hydrogens (tertiary/aromatic N) is 4. The molecule has 1 amide bonds. The van der Waals surface area contributed by atoms with Crippen molar-refractivity contribution in [2.45, 2.75) is 19.9 Å². The van der Waals surface area contributed by atoms with Gasteiger partial charge in [-0.15, -0.1) is 0 Å². The minimum absolute atomic E-state index is 0.226. The van der Waals surface area contributed by atoms with Gasteiger partial charge in [-0.3, -0.25) is 14.5 Å². The second kappa shape index (κ2) is 9.25. The molecule has 4 rings (SSSR count). The number of rotatable bonds is 8. The Morgan fingerprint density at radius 3 is 2.68 bits per heavy atom. The molecule has 1 aromatic carbocycles. The van der Waals surface area contributed by atoms with E-state index in [1.54, 1.807) is 30.2 Å². The Morgan fingerprint density at radius 1 is 1.10 bits per heavy atom. The zero-order chi connectivity index (χ0) is 21.6. The van der Waals surface area contributed by atoms with Crippen molar-refractivity contribution in [2.24, 2.45) is 7.05 Å². The first-order chi connectivity index (χ1) is 15.1. The summed E-state index contributed by atoms with van der Waals surface area (Å²) in [4.78, 5) is 17.0. The summed E-state index contributed by atoms with van der Waals surface area (Å²) in [6.07, 6.45) is 5.90. The Bertz CT molecular complexity index is 1150. The van der Waals surface area contributed by atoms with Gasteiger partial charge >= 0.3 is 0 Å². The lowest BCUT2D eigenvalue weighted by molar-refractivity contribution is 0.0953. The molecule has 8 heteroatoms. The van der Waals surface area contributed by atoms with Crippen molar-refractivity contribution in [3.05, 3.63) is 83.5 Å². The molecule has 158 valence electrons. The quantitative estimate of drug-likeness (QED) is 0.457. The highest BCUT2D eigenvalue weighted by atomic mass is 16.5. The van der Waals surface area contributed by atoms with E-state index >= 15 is 0 Å². The lowest BCUT2D eigenvalue weighted by Gasteiger charge is -2.10. The fourth-order valence-electron chi connectivity index (χ4n) is 3.38. The summed E-state index contributed by atoms with van der Waals surface area (Å²) in [6, 6.07) is 13.9. The average molecular weight is 416 g/mol. The first kappa shape index (κ1) is 20.3. The summed E-state index contributed by atoms with van der Waals surface area (Å²) < 4.78 is 7.11. The van der Waals surface area contributed by atoms with Crippen LogP contribution < -0.4 is 10.6 Å². The predicted octanol–water partition coefficient (Wildman–Crippen LogP) is 3.36. The summed E-state index contributed by atoms with van der Waals surface area (Å²) in [5.41, 5.74) is 3.80. The van der Waals surface area contributed by atoms with E-state index in [2.05, 4.69) is 25.9 Å². The third kappa shape index (κ3) is 4.63. The minimum atomic E-state index is -0.226. The zero-order valence-electron chi connectivity index (χ0n) is 17.5. The van der Waals surface area contributed by atoms with Crippen LogP contribution in [-0.2, 0) is 20.0 Å². The van der Waals surface area contributed by atoms with Crippen molar-refractivity contribution in [2.75, 3.05) is 11.9 Å². The summed E-state index contributed by atoms with van der Waals surface area (Å²) >= 11 is 0. The van der Waals surface area contributed by atoms with Gasteiger partial charge in [0.15, 0.2) is 0 Å². The number of carbonyl (C=O) groups excluding carboxylic acids is 1. The smallest absolute Gasteiger partial charge is 0.257 e. The van der Waals surface area contributed by atoms with Crippen LogP contribution in [0.25, 0.3) is 11.3 Å². The van der Waals surface area contributed by atoms with E-state index < -0.39 is 0 Å². The molecule has 4 aromatic rings. The van der Waals surface area contributed by atoms with Gasteiger partial charge in [-0.05, 0) is 30.5 Å². The molecule has 0 aliphatic heterocycles. The number of anilines is 1. The molecule has 0 aliphatic carbocycles. The van der Waals surface area contributed by atoms with Crippen LogP contribution in [0.15, 0.2) is 65.6 Å². The number of nitrogens with one attached hydrogen (secondary N) is 2. The zero-order valence-corrected chi connectivity index (χ0v) is 17.5. The summed E-state index contributed by atoms with van der Waals surface area (Å²) in [5, 5.41) is 14.9. The van der Waals surface area contributed by atoms with Gasteiger partial charge in [-0.25, -0.2) is 0 Å². The molecule has 2 N–H and O–H groups in total. The van der Waals surface area contributed by atoms with Crippen LogP contribution in [0.2, 0.25) is 0 Å². The molecule has 0 fully saturated rings. The molecule has 3 heterocycles. The second-order valence-electron chi connectivity index (χ2n) is 7.20. The van der Waals surface area contributed by atoms with Gasteiger partial charge in [-0.1, -0.05) is 41.6 Å². The number of aromatic nitrogens is 4. The largest absolute Gasteiger partial charge is 0.366 e.